The van der Waals surface area contributed by atoms with Crippen LogP contribution < -0.4 is 10.1 Å². The number of thiocarbonyl (C=S) groups is 1. The Morgan fingerprint density at radius 2 is 2.12 bits per heavy atom. The Hall–Kier alpha value is -1.18. The van der Waals surface area contributed by atoms with Crippen LogP contribution >= 0.6 is 28.1 Å². The average molecular weight is 411 g/mol. The summed E-state index contributed by atoms with van der Waals surface area (Å²) < 4.78 is 12.9. The third-order valence-corrected chi connectivity index (χ3v) is 6.50. The first-order valence-electron chi connectivity index (χ1n) is 8.06. The molecule has 2 fully saturated rings. The molecule has 1 saturated heterocycles. The smallest absolute Gasteiger partial charge is 0.263 e. The molecule has 1 atom stereocenters. The van der Waals surface area contributed by atoms with Gasteiger partial charge in [0.1, 0.15) is 11.4 Å². The first-order chi connectivity index (χ1) is 11.4. The van der Waals surface area contributed by atoms with Crippen LogP contribution in [-0.4, -0.2) is 41.8 Å². The van der Waals surface area contributed by atoms with Crippen LogP contribution in [0.3, 0.4) is 0 Å². The van der Waals surface area contributed by atoms with Gasteiger partial charge in [-0.1, -0.05) is 15.9 Å². The number of carbonyl (C=O) groups is 1. The van der Waals surface area contributed by atoms with Crippen molar-refractivity contribution in [2.45, 2.75) is 42.9 Å². The van der Waals surface area contributed by atoms with E-state index in [-0.39, 0.29) is 12.0 Å². The molecule has 0 radical (unpaired) electrons. The van der Waals surface area contributed by atoms with E-state index in [4.69, 9.17) is 21.7 Å². The summed E-state index contributed by atoms with van der Waals surface area (Å²) in [6.45, 7) is 0. The molecule has 1 unspecified atom stereocenters. The lowest BCUT2D eigenvalue weighted by molar-refractivity contribution is -0.141. The number of likely N-dealkylation sites (N-methyl/N-ethyl adjacent to an activating group) is 1. The Labute approximate surface area is 154 Å². The molecule has 0 bridgehead atoms. The number of hydrogen-bond acceptors (Lipinski definition) is 4. The van der Waals surface area contributed by atoms with Gasteiger partial charge in [-0.15, -0.1) is 0 Å². The molecule has 1 saturated carbocycles. The molecule has 5 nitrogen and oxygen atoms in total. The van der Waals surface area contributed by atoms with Crippen LogP contribution in [0.4, 0.5) is 0 Å². The number of amides is 1. The van der Waals surface area contributed by atoms with E-state index in [0.29, 0.717) is 5.11 Å². The van der Waals surface area contributed by atoms with Gasteiger partial charge in [-0.05, 0) is 56.1 Å². The van der Waals surface area contributed by atoms with E-state index in [1.807, 2.05) is 18.2 Å². The number of halogens is 1. The third-order valence-electron chi connectivity index (χ3n) is 5.63. The number of nitrogens with one attached hydrogen (secondary N) is 1. The Kier molecular flexibility index (Phi) is 3.67. The first-order valence-corrected chi connectivity index (χ1v) is 9.26. The van der Waals surface area contributed by atoms with E-state index in [1.54, 1.807) is 14.2 Å². The fraction of sp³-hybridized carbons (Fsp3) is 0.529. The van der Waals surface area contributed by atoms with Crippen molar-refractivity contribution in [3.05, 3.63) is 28.2 Å². The number of rotatable bonds is 1. The lowest BCUT2D eigenvalue weighted by atomic mass is 9.68. The Bertz CT molecular complexity index is 733. The second kappa shape index (κ2) is 5.41. The Morgan fingerprint density at radius 3 is 2.71 bits per heavy atom. The fourth-order valence-corrected chi connectivity index (χ4v) is 4.92. The monoisotopic (exact) mass is 410 g/mol. The van der Waals surface area contributed by atoms with Gasteiger partial charge < -0.3 is 14.8 Å². The molecular weight excluding hydrogens is 392 g/mol. The summed E-state index contributed by atoms with van der Waals surface area (Å²) in [5.41, 5.74) is -0.710. The highest BCUT2D eigenvalue weighted by Crippen LogP contribution is 2.56. The number of methoxy groups -OCH3 is 1. The van der Waals surface area contributed by atoms with Crippen LogP contribution in [0, 0.1) is 0 Å². The van der Waals surface area contributed by atoms with Gasteiger partial charge >= 0.3 is 0 Å². The average Bonchev–Trinajstić information content (AvgIpc) is 2.97. The van der Waals surface area contributed by atoms with Gasteiger partial charge in [0.2, 0.25) is 0 Å². The van der Waals surface area contributed by atoms with Gasteiger partial charge in [0.15, 0.2) is 10.7 Å². The van der Waals surface area contributed by atoms with Crippen molar-refractivity contribution in [3.63, 3.8) is 0 Å². The molecule has 1 N–H and O–H groups in total. The van der Waals surface area contributed by atoms with Crippen LogP contribution in [0.25, 0.3) is 0 Å². The predicted molar refractivity (Wildman–Crippen MR) is 96.9 cm³/mol. The number of hydrogen-bond donors (Lipinski definition) is 1. The minimum atomic E-state index is -0.948. The van der Waals surface area contributed by atoms with Crippen molar-refractivity contribution in [2.75, 3.05) is 14.2 Å². The number of fused-ring (bicyclic) bond motifs is 3. The quantitative estimate of drug-likeness (QED) is 0.721. The van der Waals surface area contributed by atoms with Gasteiger partial charge in [0, 0.05) is 24.2 Å². The van der Waals surface area contributed by atoms with Gasteiger partial charge in [0.05, 0.1) is 6.10 Å². The van der Waals surface area contributed by atoms with E-state index in [9.17, 15) is 4.79 Å². The Balaban J connectivity index is 1.87. The van der Waals surface area contributed by atoms with Crippen LogP contribution in [0.2, 0.25) is 0 Å². The van der Waals surface area contributed by atoms with Crippen molar-refractivity contribution in [3.8, 4) is 5.75 Å². The molecule has 2 heterocycles. The molecule has 128 valence electrons. The maximum absolute atomic E-state index is 13.3. The van der Waals surface area contributed by atoms with Crippen molar-refractivity contribution >= 4 is 39.2 Å². The molecule has 4 rings (SSSR count). The minimum Gasteiger partial charge on any atom is -0.483 e. The minimum absolute atomic E-state index is 0.0415. The largest absolute Gasteiger partial charge is 0.483 e. The molecular formula is C17H19BrN2O3S. The molecule has 24 heavy (non-hydrogen) atoms. The first kappa shape index (κ1) is 16.3. The maximum Gasteiger partial charge on any atom is 0.263 e. The van der Waals surface area contributed by atoms with Crippen molar-refractivity contribution in [2.24, 2.45) is 0 Å². The zero-order valence-corrected chi connectivity index (χ0v) is 16.0. The van der Waals surface area contributed by atoms with Gasteiger partial charge in [-0.2, -0.15) is 0 Å². The normalized spacial score (nSPS) is 34.6. The van der Waals surface area contributed by atoms with E-state index in [1.165, 1.54) is 4.90 Å². The number of nitrogens with zero attached hydrogens (tertiary/aromatic N) is 1. The number of ether oxygens (including phenoxy) is 2. The number of carbonyl (C=O) groups excluding carboxylic acids is 1. The molecule has 2 spiro atoms. The lowest BCUT2D eigenvalue weighted by Crippen LogP contribution is -2.62. The van der Waals surface area contributed by atoms with Crippen molar-refractivity contribution < 1.29 is 14.3 Å². The molecule has 1 amide bonds. The topological polar surface area (TPSA) is 50.8 Å². The Morgan fingerprint density at radius 1 is 1.42 bits per heavy atom. The van der Waals surface area contributed by atoms with Crippen molar-refractivity contribution in [1.29, 1.82) is 0 Å². The molecule has 7 heteroatoms. The molecule has 0 aromatic heterocycles. The summed E-state index contributed by atoms with van der Waals surface area (Å²) in [6.07, 6.45) is 3.42. The maximum atomic E-state index is 13.3. The summed E-state index contributed by atoms with van der Waals surface area (Å²) >= 11 is 8.91. The van der Waals surface area contributed by atoms with Crippen LogP contribution in [0.5, 0.6) is 5.75 Å². The predicted octanol–water partition coefficient (Wildman–Crippen LogP) is 2.71. The molecule has 1 aliphatic carbocycles. The third kappa shape index (κ3) is 1.95. The summed E-state index contributed by atoms with van der Waals surface area (Å²) in [6, 6.07) is 5.83. The van der Waals surface area contributed by atoms with Gasteiger partial charge in [-0.3, -0.25) is 9.69 Å². The number of benzene rings is 1. The standard InChI is InChI=1S/C17H19BrN2O3S/c1-20-14(21)17(19-15(20)24)12-9-10(18)3-4-13(12)23-16(17)7-5-11(22-2)6-8-16/h3-4,9,11H,5-8H2,1-2H3,(H,19,24). The highest BCUT2D eigenvalue weighted by molar-refractivity contribution is 9.10. The summed E-state index contributed by atoms with van der Waals surface area (Å²) in [4.78, 5) is 14.8. The summed E-state index contributed by atoms with van der Waals surface area (Å²) in [5, 5.41) is 3.78. The van der Waals surface area contributed by atoms with E-state index >= 15 is 0 Å². The summed E-state index contributed by atoms with van der Waals surface area (Å²) in [5.74, 6) is 0.716. The van der Waals surface area contributed by atoms with Gasteiger partial charge in [0.25, 0.3) is 5.91 Å². The van der Waals surface area contributed by atoms with E-state index in [2.05, 4.69) is 21.2 Å². The second-order valence-electron chi connectivity index (χ2n) is 6.72. The molecule has 1 aromatic rings. The SMILES string of the molecule is COC1CCC2(CC1)Oc1ccc(Br)cc1C21NC(=S)N(C)C1=O. The van der Waals surface area contributed by atoms with Crippen LogP contribution in [0.15, 0.2) is 22.7 Å². The van der Waals surface area contributed by atoms with Gasteiger partial charge in [-0.25, -0.2) is 0 Å². The van der Waals surface area contributed by atoms with Crippen LogP contribution in [-0.2, 0) is 15.1 Å². The lowest BCUT2D eigenvalue weighted by Gasteiger charge is -2.44. The molecule has 2 aliphatic heterocycles. The fourth-order valence-electron chi connectivity index (χ4n) is 4.32. The zero-order chi connectivity index (χ0) is 17.1. The van der Waals surface area contributed by atoms with Crippen LogP contribution in [0.1, 0.15) is 31.2 Å². The zero-order valence-electron chi connectivity index (χ0n) is 13.6. The highest BCUT2D eigenvalue weighted by Gasteiger charge is 2.69. The molecule has 3 aliphatic rings. The van der Waals surface area contributed by atoms with E-state index < -0.39 is 11.1 Å². The van der Waals surface area contributed by atoms with Crippen molar-refractivity contribution in [1.82, 2.24) is 10.2 Å². The summed E-state index contributed by atoms with van der Waals surface area (Å²) in [7, 11) is 3.46. The van der Waals surface area contributed by atoms with E-state index in [0.717, 1.165) is 41.5 Å². The highest BCUT2D eigenvalue weighted by atomic mass is 79.9. The second-order valence-corrected chi connectivity index (χ2v) is 8.02. The molecule has 1 aromatic carbocycles.